The van der Waals surface area contributed by atoms with E-state index in [1.54, 1.807) is 6.33 Å². The normalized spacial score (nSPS) is 10.9. The van der Waals surface area contributed by atoms with Crippen LogP contribution in [0.2, 0.25) is 0 Å². The van der Waals surface area contributed by atoms with E-state index >= 15 is 0 Å². The summed E-state index contributed by atoms with van der Waals surface area (Å²) in [5.74, 6) is 1.65. The quantitative estimate of drug-likeness (QED) is 0.396. The zero-order chi connectivity index (χ0) is 22.5. The van der Waals surface area contributed by atoms with Gasteiger partial charge in [-0.05, 0) is 43.0 Å². The Balaban J connectivity index is 1.77. The van der Waals surface area contributed by atoms with Gasteiger partial charge in [0.2, 0.25) is 0 Å². The van der Waals surface area contributed by atoms with Gasteiger partial charge in [0.1, 0.15) is 12.1 Å². The molecular formula is C26H28N6. The van der Waals surface area contributed by atoms with E-state index in [9.17, 15) is 5.26 Å². The highest BCUT2D eigenvalue weighted by Gasteiger charge is 2.20. The molecule has 4 rings (SSSR count). The van der Waals surface area contributed by atoms with Gasteiger partial charge in [0.25, 0.3) is 5.78 Å². The average molecular weight is 425 g/mol. The first-order valence-corrected chi connectivity index (χ1v) is 11.2. The Hall–Kier alpha value is -3.72. The summed E-state index contributed by atoms with van der Waals surface area (Å²) in [6.45, 7) is 8.27. The number of hydrogen-bond acceptors (Lipinski definition) is 5. The molecule has 6 nitrogen and oxygen atoms in total. The zero-order valence-corrected chi connectivity index (χ0v) is 18.9. The second kappa shape index (κ2) is 9.61. The summed E-state index contributed by atoms with van der Waals surface area (Å²) in [7, 11) is 0. The van der Waals surface area contributed by atoms with Gasteiger partial charge in [0.05, 0.1) is 17.3 Å². The summed E-state index contributed by atoms with van der Waals surface area (Å²) in [6, 6.07) is 18.5. The van der Waals surface area contributed by atoms with Crippen LogP contribution in [-0.2, 0) is 12.8 Å². The Bertz CT molecular complexity index is 1250. The first-order valence-electron chi connectivity index (χ1n) is 11.2. The monoisotopic (exact) mass is 424 g/mol. The third-order valence-electron chi connectivity index (χ3n) is 5.85. The molecule has 4 aromatic rings. The second-order valence-corrected chi connectivity index (χ2v) is 7.79. The summed E-state index contributed by atoms with van der Waals surface area (Å²) in [6.07, 6.45) is 4.29. The van der Waals surface area contributed by atoms with E-state index in [1.165, 1.54) is 16.8 Å². The van der Waals surface area contributed by atoms with Gasteiger partial charge in [-0.2, -0.15) is 20.3 Å². The fraction of sp³-hybridized carbons (Fsp3) is 0.308. The standard InChI is InChI=1S/C26H28N6/c1-4-9-24-23(25(31(5-2)6-3)30-26-28-18-29-32(24)26)16-19-12-14-20(15-13-19)22-11-8-7-10-21(22)17-27/h7-8,10-15,18H,4-6,9,16H2,1-3H3. The highest BCUT2D eigenvalue weighted by molar-refractivity contribution is 5.70. The van der Waals surface area contributed by atoms with Crippen molar-refractivity contribution in [1.29, 1.82) is 5.26 Å². The van der Waals surface area contributed by atoms with E-state index in [1.807, 2.05) is 28.8 Å². The molecule has 0 saturated carbocycles. The van der Waals surface area contributed by atoms with Crippen molar-refractivity contribution in [3.63, 3.8) is 0 Å². The topological polar surface area (TPSA) is 70.1 Å². The number of anilines is 1. The first kappa shape index (κ1) is 21.5. The molecule has 0 aliphatic carbocycles. The minimum atomic E-state index is 0.655. The SMILES string of the molecule is CCCc1c(Cc2ccc(-c3ccccc3C#N)cc2)c(N(CC)CC)nc2ncnn12. The average Bonchev–Trinajstić information content (AvgIpc) is 3.31. The van der Waals surface area contributed by atoms with Crippen molar-refractivity contribution in [2.45, 2.75) is 40.0 Å². The Morgan fingerprint density at radius 2 is 1.75 bits per heavy atom. The van der Waals surface area contributed by atoms with Gasteiger partial charge in [-0.3, -0.25) is 0 Å². The van der Waals surface area contributed by atoms with Crippen molar-refractivity contribution in [2.24, 2.45) is 0 Å². The van der Waals surface area contributed by atoms with Crippen LogP contribution in [0, 0.1) is 11.3 Å². The van der Waals surface area contributed by atoms with Crippen molar-refractivity contribution in [3.05, 3.63) is 77.2 Å². The maximum Gasteiger partial charge on any atom is 0.254 e. The van der Waals surface area contributed by atoms with Crippen LogP contribution in [0.5, 0.6) is 0 Å². The van der Waals surface area contributed by atoms with E-state index in [0.29, 0.717) is 11.3 Å². The summed E-state index contributed by atoms with van der Waals surface area (Å²) < 4.78 is 1.89. The number of hydrogen-bond donors (Lipinski definition) is 0. The molecule has 2 aromatic heterocycles. The molecule has 32 heavy (non-hydrogen) atoms. The lowest BCUT2D eigenvalue weighted by atomic mass is 9.96. The summed E-state index contributed by atoms with van der Waals surface area (Å²) in [5.41, 5.74) is 6.29. The lowest BCUT2D eigenvalue weighted by Gasteiger charge is -2.25. The van der Waals surface area contributed by atoms with Crippen molar-refractivity contribution in [1.82, 2.24) is 19.6 Å². The fourth-order valence-electron chi connectivity index (χ4n) is 4.22. The summed E-state index contributed by atoms with van der Waals surface area (Å²) in [4.78, 5) is 11.5. The molecule has 0 unspecified atom stereocenters. The van der Waals surface area contributed by atoms with Crippen LogP contribution < -0.4 is 4.90 Å². The Morgan fingerprint density at radius 3 is 2.44 bits per heavy atom. The van der Waals surface area contributed by atoms with Crippen molar-refractivity contribution >= 4 is 11.6 Å². The van der Waals surface area contributed by atoms with E-state index in [0.717, 1.165) is 49.3 Å². The molecule has 2 heterocycles. The number of fused-ring (bicyclic) bond motifs is 1. The first-order chi connectivity index (χ1) is 15.7. The lowest BCUT2D eigenvalue weighted by molar-refractivity contribution is 0.758. The van der Waals surface area contributed by atoms with Crippen molar-refractivity contribution in [2.75, 3.05) is 18.0 Å². The lowest BCUT2D eigenvalue weighted by Crippen LogP contribution is -2.26. The molecule has 0 fully saturated rings. The van der Waals surface area contributed by atoms with Gasteiger partial charge >= 0.3 is 0 Å². The third kappa shape index (κ3) is 4.06. The van der Waals surface area contributed by atoms with Crippen LogP contribution in [-0.4, -0.2) is 32.7 Å². The van der Waals surface area contributed by atoms with E-state index in [-0.39, 0.29) is 0 Å². The number of rotatable bonds is 8. The highest BCUT2D eigenvalue weighted by Crippen LogP contribution is 2.28. The van der Waals surface area contributed by atoms with E-state index in [2.05, 4.69) is 66.1 Å². The molecule has 2 aromatic carbocycles. The van der Waals surface area contributed by atoms with Crippen LogP contribution in [0.3, 0.4) is 0 Å². The molecule has 162 valence electrons. The van der Waals surface area contributed by atoms with Gasteiger partial charge in [0, 0.05) is 25.1 Å². The smallest absolute Gasteiger partial charge is 0.254 e. The maximum atomic E-state index is 9.43. The molecule has 0 radical (unpaired) electrons. The molecule has 0 spiro atoms. The largest absolute Gasteiger partial charge is 0.357 e. The van der Waals surface area contributed by atoms with Crippen molar-refractivity contribution < 1.29 is 0 Å². The minimum absolute atomic E-state index is 0.655. The van der Waals surface area contributed by atoms with Gasteiger partial charge < -0.3 is 4.90 Å². The number of benzene rings is 2. The van der Waals surface area contributed by atoms with Gasteiger partial charge in [0.15, 0.2) is 0 Å². The minimum Gasteiger partial charge on any atom is -0.357 e. The number of nitriles is 1. The number of aryl methyl sites for hydroxylation is 1. The van der Waals surface area contributed by atoms with Crippen LogP contribution in [0.25, 0.3) is 16.9 Å². The molecule has 0 bridgehead atoms. The highest BCUT2D eigenvalue weighted by atomic mass is 15.3. The summed E-state index contributed by atoms with van der Waals surface area (Å²) >= 11 is 0. The Kier molecular flexibility index (Phi) is 6.46. The van der Waals surface area contributed by atoms with E-state index < -0.39 is 0 Å². The predicted octanol–water partition coefficient (Wildman–Crippen LogP) is 5.05. The molecule has 0 aliphatic heterocycles. The maximum absolute atomic E-state index is 9.43. The van der Waals surface area contributed by atoms with Gasteiger partial charge in [-0.1, -0.05) is 55.8 Å². The second-order valence-electron chi connectivity index (χ2n) is 7.79. The Labute approximate surface area is 189 Å². The molecular weight excluding hydrogens is 396 g/mol. The Morgan fingerprint density at radius 1 is 1.00 bits per heavy atom. The molecule has 0 aliphatic rings. The molecule has 6 heteroatoms. The van der Waals surface area contributed by atoms with Crippen molar-refractivity contribution in [3.8, 4) is 17.2 Å². The van der Waals surface area contributed by atoms with Crippen LogP contribution in [0.4, 0.5) is 5.82 Å². The molecule has 0 atom stereocenters. The van der Waals surface area contributed by atoms with Crippen LogP contribution in [0.1, 0.15) is 49.6 Å². The third-order valence-corrected chi connectivity index (χ3v) is 5.85. The zero-order valence-electron chi connectivity index (χ0n) is 18.9. The fourth-order valence-corrected chi connectivity index (χ4v) is 4.22. The molecule has 0 saturated heterocycles. The predicted molar refractivity (Wildman–Crippen MR) is 128 cm³/mol. The van der Waals surface area contributed by atoms with Crippen LogP contribution in [0.15, 0.2) is 54.9 Å². The van der Waals surface area contributed by atoms with Gasteiger partial charge in [-0.15, -0.1) is 0 Å². The van der Waals surface area contributed by atoms with Gasteiger partial charge in [-0.25, -0.2) is 4.52 Å². The molecule has 0 N–H and O–H groups in total. The number of aromatic nitrogens is 4. The summed E-state index contributed by atoms with van der Waals surface area (Å²) in [5, 5.41) is 13.9. The molecule has 0 amide bonds. The van der Waals surface area contributed by atoms with E-state index in [4.69, 9.17) is 4.98 Å². The van der Waals surface area contributed by atoms with Crippen LogP contribution >= 0.6 is 0 Å². The number of nitrogens with zero attached hydrogens (tertiary/aromatic N) is 6.